The van der Waals surface area contributed by atoms with Crippen LogP contribution in [0.5, 0.6) is 0 Å². The van der Waals surface area contributed by atoms with Crippen LogP contribution in [0.3, 0.4) is 0 Å². The molecule has 1 saturated carbocycles. The summed E-state index contributed by atoms with van der Waals surface area (Å²) in [6.45, 7) is 4.80. The molecule has 1 aromatic heterocycles. The van der Waals surface area contributed by atoms with Crippen LogP contribution in [-0.4, -0.2) is 30.1 Å². The highest BCUT2D eigenvalue weighted by atomic mass is 79.9. The molecule has 1 aliphatic heterocycles. The molecular formula is C14H21BrN2S. The lowest BCUT2D eigenvalue weighted by atomic mass is 10.1. The van der Waals surface area contributed by atoms with Crippen molar-refractivity contribution in [1.29, 1.82) is 0 Å². The van der Waals surface area contributed by atoms with Crippen LogP contribution in [0.1, 0.15) is 43.5 Å². The molecule has 0 bridgehead atoms. The summed E-state index contributed by atoms with van der Waals surface area (Å²) >= 11 is 5.45. The van der Waals surface area contributed by atoms with E-state index in [9.17, 15) is 0 Å². The molecule has 1 aliphatic carbocycles. The third kappa shape index (κ3) is 2.98. The summed E-state index contributed by atoms with van der Waals surface area (Å²) in [5.41, 5.74) is 0. The zero-order valence-corrected chi connectivity index (χ0v) is 13.3. The van der Waals surface area contributed by atoms with Crippen LogP contribution in [-0.2, 0) is 0 Å². The van der Waals surface area contributed by atoms with Gasteiger partial charge < -0.3 is 5.32 Å². The highest BCUT2D eigenvalue weighted by Gasteiger charge is 2.35. The average molecular weight is 329 g/mol. The molecule has 3 rings (SSSR count). The van der Waals surface area contributed by atoms with Crippen LogP contribution in [0.15, 0.2) is 15.9 Å². The van der Waals surface area contributed by atoms with Gasteiger partial charge in [0, 0.05) is 39.4 Å². The molecule has 0 radical (unpaired) electrons. The van der Waals surface area contributed by atoms with E-state index in [4.69, 9.17) is 0 Å². The lowest BCUT2D eigenvalue weighted by Gasteiger charge is -2.31. The fourth-order valence-electron chi connectivity index (χ4n) is 2.91. The van der Waals surface area contributed by atoms with Gasteiger partial charge >= 0.3 is 0 Å². The van der Waals surface area contributed by atoms with Crippen LogP contribution in [0.2, 0.25) is 0 Å². The van der Waals surface area contributed by atoms with E-state index in [1.54, 1.807) is 0 Å². The van der Waals surface area contributed by atoms with Gasteiger partial charge in [-0.1, -0.05) is 0 Å². The first-order valence-electron chi connectivity index (χ1n) is 6.97. The maximum atomic E-state index is 3.63. The molecule has 0 spiro atoms. The number of nitrogens with one attached hydrogen (secondary N) is 1. The molecule has 2 nitrogen and oxygen atoms in total. The van der Waals surface area contributed by atoms with Crippen LogP contribution in [0.4, 0.5) is 0 Å². The molecule has 2 unspecified atom stereocenters. The van der Waals surface area contributed by atoms with E-state index in [1.165, 1.54) is 48.1 Å². The summed E-state index contributed by atoms with van der Waals surface area (Å²) in [6.07, 6.45) is 5.49. The molecule has 1 aromatic rings. The lowest BCUT2D eigenvalue weighted by Crippen LogP contribution is -2.40. The SMILES string of the molecule is CC(c1cc(Br)cs1)N(CC1CCCN1)C1CC1. The second-order valence-electron chi connectivity index (χ2n) is 5.56. The number of hydrogen-bond donors (Lipinski definition) is 1. The average Bonchev–Trinajstić information content (AvgIpc) is 2.88. The monoisotopic (exact) mass is 328 g/mol. The van der Waals surface area contributed by atoms with E-state index in [0.29, 0.717) is 6.04 Å². The third-order valence-corrected chi connectivity index (χ3v) is 5.97. The van der Waals surface area contributed by atoms with Crippen LogP contribution >= 0.6 is 27.3 Å². The van der Waals surface area contributed by atoms with E-state index in [0.717, 1.165) is 12.1 Å². The minimum Gasteiger partial charge on any atom is -0.313 e. The van der Waals surface area contributed by atoms with E-state index in [-0.39, 0.29) is 0 Å². The summed E-state index contributed by atoms with van der Waals surface area (Å²) in [5, 5.41) is 5.83. The van der Waals surface area contributed by atoms with Gasteiger partial charge in [-0.2, -0.15) is 0 Å². The third-order valence-electron chi connectivity index (χ3n) is 4.11. The molecule has 2 heterocycles. The molecule has 1 saturated heterocycles. The molecule has 0 amide bonds. The lowest BCUT2D eigenvalue weighted by molar-refractivity contribution is 0.184. The Balaban J connectivity index is 1.68. The van der Waals surface area contributed by atoms with Crippen LogP contribution in [0.25, 0.3) is 0 Å². The summed E-state index contributed by atoms with van der Waals surface area (Å²) in [4.78, 5) is 4.22. The second-order valence-corrected chi connectivity index (χ2v) is 7.42. The number of rotatable bonds is 5. The highest BCUT2D eigenvalue weighted by molar-refractivity contribution is 9.10. The van der Waals surface area contributed by atoms with Crippen molar-refractivity contribution < 1.29 is 0 Å². The highest BCUT2D eigenvalue weighted by Crippen LogP contribution is 2.37. The van der Waals surface area contributed by atoms with E-state index in [2.05, 4.69) is 44.5 Å². The van der Waals surface area contributed by atoms with Gasteiger partial charge in [0.05, 0.1) is 0 Å². The van der Waals surface area contributed by atoms with E-state index >= 15 is 0 Å². The maximum Gasteiger partial charge on any atom is 0.0417 e. The van der Waals surface area contributed by atoms with Gasteiger partial charge in [0.15, 0.2) is 0 Å². The van der Waals surface area contributed by atoms with Gasteiger partial charge in [0.2, 0.25) is 0 Å². The molecule has 2 aliphatic rings. The predicted octanol–water partition coefficient (Wildman–Crippen LogP) is 3.79. The standard InChI is InChI=1S/C14H21BrN2S/c1-10(14-7-11(15)9-18-14)17(13-4-5-13)8-12-3-2-6-16-12/h7,9-10,12-13,16H,2-6,8H2,1H3. The Morgan fingerprint density at radius 1 is 1.50 bits per heavy atom. The first-order chi connectivity index (χ1) is 8.74. The van der Waals surface area contributed by atoms with E-state index in [1.807, 2.05) is 11.3 Å². The number of thiophene rings is 1. The first-order valence-corrected chi connectivity index (χ1v) is 8.64. The Morgan fingerprint density at radius 2 is 2.33 bits per heavy atom. The van der Waals surface area contributed by atoms with Gasteiger partial charge in [0.25, 0.3) is 0 Å². The largest absolute Gasteiger partial charge is 0.313 e. The molecule has 1 N–H and O–H groups in total. The van der Waals surface area contributed by atoms with Crippen molar-refractivity contribution in [2.24, 2.45) is 0 Å². The fraction of sp³-hybridized carbons (Fsp3) is 0.714. The molecule has 2 atom stereocenters. The number of nitrogens with zero attached hydrogens (tertiary/aromatic N) is 1. The molecule has 18 heavy (non-hydrogen) atoms. The van der Waals surface area contributed by atoms with Crippen LogP contribution in [0, 0.1) is 0 Å². The molecule has 100 valence electrons. The molecular weight excluding hydrogens is 308 g/mol. The van der Waals surface area contributed by atoms with Gasteiger partial charge in [-0.25, -0.2) is 0 Å². The smallest absolute Gasteiger partial charge is 0.0417 e. The summed E-state index contributed by atoms with van der Waals surface area (Å²) in [7, 11) is 0. The number of halogens is 1. The topological polar surface area (TPSA) is 15.3 Å². The Kier molecular flexibility index (Phi) is 4.09. The molecule has 2 fully saturated rings. The molecule has 4 heteroatoms. The van der Waals surface area contributed by atoms with Crippen molar-refractivity contribution in [3.8, 4) is 0 Å². The van der Waals surface area contributed by atoms with Gasteiger partial charge in [-0.05, 0) is 61.1 Å². The zero-order chi connectivity index (χ0) is 12.5. The second kappa shape index (κ2) is 5.61. The minimum atomic E-state index is 0.566. The summed E-state index contributed by atoms with van der Waals surface area (Å²) in [5.74, 6) is 0. The van der Waals surface area contributed by atoms with Crippen molar-refractivity contribution in [1.82, 2.24) is 10.2 Å². The minimum absolute atomic E-state index is 0.566. The fourth-order valence-corrected chi connectivity index (χ4v) is 4.43. The van der Waals surface area contributed by atoms with Crippen molar-refractivity contribution in [2.75, 3.05) is 13.1 Å². The van der Waals surface area contributed by atoms with Crippen molar-refractivity contribution in [3.05, 3.63) is 20.8 Å². The Hall–Kier alpha value is 0.1000. The van der Waals surface area contributed by atoms with Gasteiger partial charge in [-0.3, -0.25) is 4.90 Å². The van der Waals surface area contributed by atoms with Crippen LogP contribution < -0.4 is 5.32 Å². The Labute approximate surface area is 122 Å². The normalized spacial score (nSPS) is 25.8. The Bertz CT molecular complexity index is 396. The quantitative estimate of drug-likeness (QED) is 0.884. The summed E-state index contributed by atoms with van der Waals surface area (Å²) in [6, 6.07) is 4.41. The van der Waals surface area contributed by atoms with Crippen molar-refractivity contribution >= 4 is 27.3 Å². The van der Waals surface area contributed by atoms with Crippen molar-refractivity contribution in [2.45, 2.75) is 50.7 Å². The van der Waals surface area contributed by atoms with Crippen molar-refractivity contribution in [3.63, 3.8) is 0 Å². The van der Waals surface area contributed by atoms with E-state index < -0.39 is 0 Å². The predicted molar refractivity (Wildman–Crippen MR) is 81.2 cm³/mol. The van der Waals surface area contributed by atoms with Gasteiger partial charge in [0.1, 0.15) is 0 Å². The zero-order valence-electron chi connectivity index (χ0n) is 10.9. The first kappa shape index (κ1) is 13.1. The van der Waals surface area contributed by atoms with Gasteiger partial charge in [-0.15, -0.1) is 11.3 Å². The maximum absolute atomic E-state index is 3.63. The summed E-state index contributed by atoms with van der Waals surface area (Å²) < 4.78 is 1.23. The molecule has 0 aromatic carbocycles. The number of hydrogen-bond acceptors (Lipinski definition) is 3. The Morgan fingerprint density at radius 3 is 2.89 bits per heavy atom.